The molecule has 0 atom stereocenters. The molecule has 0 aliphatic carbocycles. The van der Waals surface area contributed by atoms with Crippen LogP contribution in [0.15, 0.2) is 23.1 Å². The van der Waals surface area contributed by atoms with Crippen LogP contribution in [0.1, 0.15) is 11.6 Å². The van der Waals surface area contributed by atoms with Crippen LogP contribution in [0.3, 0.4) is 0 Å². The summed E-state index contributed by atoms with van der Waals surface area (Å²) in [7, 11) is -2.39. The summed E-state index contributed by atoms with van der Waals surface area (Å²) in [5, 5.41) is 6.64. The first-order valence-corrected chi connectivity index (χ1v) is 7.52. The number of sulfonamides is 1. The molecule has 0 bridgehead atoms. The van der Waals surface area contributed by atoms with Crippen LogP contribution in [-0.4, -0.2) is 35.0 Å². The predicted molar refractivity (Wildman–Crippen MR) is 75.6 cm³/mol. The Bertz CT molecular complexity index is 708. The molecule has 1 aromatic heterocycles. The molecule has 0 spiro atoms. The van der Waals surface area contributed by atoms with E-state index in [2.05, 4.69) is 15.2 Å². The van der Waals surface area contributed by atoms with Crippen molar-refractivity contribution in [3.63, 3.8) is 0 Å². The van der Waals surface area contributed by atoms with Crippen molar-refractivity contribution >= 4 is 27.3 Å². The van der Waals surface area contributed by atoms with E-state index in [0.717, 1.165) is 4.31 Å². The Morgan fingerprint density at radius 1 is 1.45 bits per heavy atom. The van der Waals surface area contributed by atoms with E-state index < -0.39 is 10.0 Å². The molecular formula is C11H14ClN5O2S. The van der Waals surface area contributed by atoms with Crippen LogP contribution in [0, 0.1) is 6.92 Å². The summed E-state index contributed by atoms with van der Waals surface area (Å²) >= 11 is 5.94. The maximum absolute atomic E-state index is 12.5. The Hall–Kier alpha value is -1.64. The third-order valence-electron chi connectivity index (χ3n) is 2.67. The van der Waals surface area contributed by atoms with Gasteiger partial charge in [0.25, 0.3) is 0 Å². The van der Waals surface area contributed by atoms with Crippen molar-refractivity contribution in [3.8, 4) is 0 Å². The lowest BCUT2D eigenvalue weighted by atomic mass is 10.3. The highest BCUT2D eigenvalue weighted by molar-refractivity contribution is 7.89. The van der Waals surface area contributed by atoms with E-state index in [9.17, 15) is 8.42 Å². The zero-order chi connectivity index (χ0) is 14.9. The van der Waals surface area contributed by atoms with Crippen molar-refractivity contribution in [2.75, 3.05) is 12.8 Å². The Balaban J connectivity index is 2.35. The summed E-state index contributed by atoms with van der Waals surface area (Å²) in [5.74, 6) is 0.988. The largest absolute Gasteiger partial charge is 0.398 e. The fourth-order valence-corrected chi connectivity index (χ4v) is 3.45. The lowest BCUT2D eigenvalue weighted by Gasteiger charge is -2.17. The maximum atomic E-state index is 12.5. The van der Waals surface area contributed by atoms with Gasteiger partial charge in [0.1, 0.15) is 10.7 Å². The minimum atomic E-state index is -3.81. The van der Waals surface area contributed by atoms with Gasteiger partial charge in [-0.2, -0.15) is 9.40 Å². The number of nitrogens with two attached hydrogens (primary N) is 1. The number of aromatic nitrogens is 3. The van der Waals surface area contributed by atoms with Gasteiger partial charge in [-0.3, -0.25) is 5.10 Å². The molecule has 2 rings (SSSR count). The van der Waals surface area contributed by atoms with Gasteiger partial charge in [-0.05, 0) is 19.1 Å². The third kappa shape index (κ3) is 2.77. The van der Waals surface area contributed by atoms with Crippen molar-refractivity contribution < 1.29 is 8.42 Å². The Morgan fingerprint density at radius 3 is 2.70 bits per heavy atom. The third-order valence-corrected chi connectivity index (χ3v) is 5.02. The van der Waals surface area contributed by atoms with Gasteiger partial charge in [0, 0.05) is 7.05 Å². The number of hydrogen-bond acceptors (Lipinski definition) is 5. The predicted octanol–water partition coefficient (Wildman–Crippen LogP) is 1.17. The van der Waals surface area contributed by atoms with Crippen molar-refractivity contribution in [1.82, 2.24) is 19.5 Å². The highest BCUT2D eigenvalue weighted by Gasteiger charge is 2.27. The minimum absolute atomic E-state index is 0.0251. The molecule has 3 N–H and O–H groups in total. The topological polar surface area (TPSA) is 105 Å². The van der Waals surface area contributed by atoms with Crippen LogP contribution >= 0.6 is 11.6 Å². The average molecular weight is 316 g/mol. The lowest BCUT2D eigenvalue weighted by molar-refractivity contribution is 0.457. The summed E-state index contributed by atoms with van der Waals surface area (Å²) in [4.78, 5) is 3.97. The van der Waals surface area contributed by atoms with Gasteiger partial charge in [-0.25, -0.2) is 13.4 Å². The number of benzene rings is 1. The molecule has 0 unspecified atom stereocenters. The number of halogens is 1. The summed E-state index contributed by atoms with van der Waals surface area (Å²) in [6, 6.07) is 4.56. The first-order chi connectivity index (χ1) is 9.32. The number of nitrogens with zero attached hydrogens (tertiary/aromatic N) is 3. The number of aromatic amines is 1. The number of nitrogen functional groups attached to an aromatic ring is 1. The average Bonchev–Trinajstić information content (AvgIpc) is 2.74. The quantitative estimate of drug-likeness (QED) is 0.824. The summed E-state index contributed by atoms with van der Waals surface area (Å²) in [6.07, 6.45) is 0. The molecule has 2 aromatic rings. The monoisotopic (exact) mass is 315 g/mol. The van der Waals surface area contributed by atoms with Gasteiger partial charge in [0.15, 0.2) is 5.82 Å². The normalized spacial score (nSPS) is 12.0. The van der Waals surface area contributed by atoms with E-state index in [-0.39, 0.29) is 22.2 Å². The van der Waals surface area contributed by atoms with E-state index in [0.29, 0.717) is 11.6 Å². The zero-order valence-electron chi connectivity index (χ0n) is 11.0. The van der Waals surface area contributed by atoms with Crippen molar-refractivity contribution in [2.45, 2.75) is 18.4 Å². The van der Waals surface area contributed by atoms with E-state index in [1.165, 1.54) is 19.2 Å². The number of anilines is 1. The molecule has 0 saturated carbocycles. The van der Waals surface area contributed by atoms with E-state index in [1.807, 2.05) is 0 Å². The van der Waals surface area contributed by atoms with Crippen LogP contribution in [0.2, 0.25) is 5.02 Å². The molecule has 0 aliphatic heterocycles. The second-order valence-corrected chi connectivity index (χ2v) is 6.65. The van der Waals surface area contributed by atoms with Crippen LogP contribution in [0.25, 0.3) is 0 Å². The molecule has 20 heavy (non-hydrogen) atoms. The number of H-pyrrole nitrogens is 1. The highest BCUT2D eigenvalue weighted by Crippen LogP contribution is 2.29. The van der Waals surface area contributed by atoms with Gasteiger partial charge >= 0.3 is 0 Å². The second-order valence-electron chi connectivity index (χ2n) is 4.26. The number of hydrogen-bond donors (Lipinski definition) is 2. The summed E-state index contributed by atoms with van der Waals surface area (Å²) < 4.78 is 26.1. The molecule has 0 amide bonds. The molecule has 0 aliphatic rings. The molecule has 108 valence electrons. The molecule has 9 heteroatoms. The van der Waals surface area contributed by atoms with Gasteiger partial charge in [-0.1, -0.05) is 17.7 Å². The molecule has 0 radical (unpaired) electrons. The van der Waals surface area contributed by atoms with Gasteiger partial charge in [0.05, 0.1) is 17.3 Å². The van der Waals surface area contributed by atoms with Crippen LogP contribution < -0.4 is 5.73 Å². The molecule has 1 aromatic carbocycles. The molecule has 0 saturated heterocycles. The number of nitrogens with one attached hydrogen (secondary N) is 1. The van der Waals surface area contributed by atoms with E-state index in [1.54, 1.807) is 13.0 Å². The molecule has 1 heterocycles. The molecule has 0 fully saturated rings. The maximum Gasteiger partial charge on any atom is 0.246 e. The molecule has 7 nitrogen and oxygen atoms in total. The lowest BCUT2D eigenvalue weighted by Crippen LogP contribution is -2.28. The van der Waals surface area contributed by atoms with Crippen LogP contribution in [0.5, 0.6) is 0 Å². The number of rotatable bonds is 4. The number of aryl methyl sites for hydroxylation is 1. The zero-order valence-corrected chi connectivity index (χ0v) is 12.5. The first-order valence-electron chi connectivity index (χ1n) is 5.70. The molecular weight excluding hydrogens is 302 g/mol. The first kappa shape index (κ1) is 14.8. The van der Waals surface area contributed by atoms with Gasteiger partial charge in [-0.15, -0.1) is 0 Å². The highest BCUT2D eigenvalue weighted by atomic mass is 35.5. The van der Waals surface area contributed by atoms with Crippen molar-refractivity contribution in [3.05, 3.63) is 34.9 Å². The standard InChI is InChI=1S/C11H14ClN5O2S/c1-7-14-10(16-15-7)6-17(2)20(18,19)11-8(12)4-3-5-9(11)13/h3-5H,6,13H2,1-2H3,(H,14,15,16). The van der Waals surface area contributed by atoms with Gasteiger partial charge < -0.3 is 5.73 Å². The van der Waals surface area contributed by atoms with E-state index in [4.69, 9.17) is 17.3 Å². The minimum Gasteiger partial charge on any atom is -0.398 e. The van der Waals surface area contributed by atoms with Crippen LogP contribution in [-0.2, 0) is 16.6 Å². The van der Waals surface area contributed by atoms with E-state index >= 15 is 0 Å². The summed E-state index contributed by atoms with van der Waals surface area (Å²) in [6.45, 7) is 1.76. The van der Waals surface area contributed by atoms with Crippen molar-refractivity contribution in [1.29, 1.82) is 0 Å². The van der Waals surface area contributed by atoms with Crippen molar-refractivity contribution in [2.24, 2.45) is 0 Å². The Labute approximate surface area is 121 Å². The Kier molecular flexibility index (Phi) is 3.98. The smallest absolute Gasteiger partial charge is 0.246 e. The summed E-state index contributed by atoms with van der Waals surface area (Å²) in [5.41, 5.74) is 5.82. The fraction of sp³-hybridized carbons (Fsp3) is 0.273. The fourth-order valence-electron chi connectivity index (χ4n) is 1.70. The SMILES string of the molecule is Cc1nc(CN(C)S(=O)(=O)c2c(N)cccc2Cl)n[nH]1. The Morgan fingerprint density at radius 2 is 2.15 bits per heavy atom. The van der Waals surface area contributed by atoms with Crippen LogP contribution in [0.4, 0.5) is 5.69 Å². The van der Waals surface area contributed by atoms with Gasteiger partial charge in [0.2, 0.25) is 10.0 Å². The second kappa shape index (κ2) is 5.39.